The van der Waals surface area contributed by atoms with Gasteiger partial charge in [0.15, 0.2) is 5.82 Å². The van der Waals surface area contributed by atoms with Crippen molar-refractivity contribution in [3.05, 3.63) is 78.1 Å². The van der Waals surface area contributed by atoms with Gasteiger partial charge >= 0.3 is 12.2 Å². The molecule has 2 amide bonds. The normalized spacial score (nSPS) is 11.3. The number of anilines is 7. The fraction of sp³-hybridized carbons (Fsp3) is 0.160. The summed E-state index contributed by atoms with van der Waals surface area (Å²) in [6.07, 6.45) is -2.97. The SMILES string of the molecule is CC(C)c1cc(Nc2cc(Nc3ccc(NC(=O)Nc4cccc(C(F)(F)F)c4)cc3)ncc2N)n[nH]1. The van der Waals surface area contributed by atoms with Crippen LogP contribution >= 0.6 is 0 Å². The summed E-state index contributed by atoms with van der Waals surface area (Å²) in [6.45, 7) is 4.12. The summed E-state index contributed by atoms with van der Waals surface area (Å²) < 4.78 is 38.6. The van der Waals surface area contributed by atoms with E-state index in [0.717, 1.165) is 17.8 Å². The molecule has 0 aliphatic heterocycles. The summed E-state index contributed by atoms with van der Waals surface area (Å²) in [6, 6.07) is 14.1. The molecule has 12 heteroatoms. The van der Waals surface area contributed by atoms with E-state index in [0.29, 0.717) is 40.3 Å². The molecule has 0 saturated carbocycles. The average Bonchev–Trinajstić information content (AvgIpc) is 3.31. The molecule has 4 rings (SSSR count). The largest absolute Gasteiger partial charge is 0.416 e. The third-order valence-electron chi connectivity index (χ3n) is 5.28. The molecule has 2 aromatic heterocycles. The monoisotopic (exact) mass is 510 g/mol. The zero-order chi connectivity index (χ0) is 26.6. The van der Waals surface area contributed by atoms with Gasteiger partial charge in [-0.25, -0.2) is 9.78 Å². The first-order valence-corrected chi connectivity index (χ1v) is 11.3. The van der Waals surface area contributed by atoms with Gasteiger partial charge < -0.3 is 27.0 Å². The van der Waals surface area contributed by atoms with Crippen LogP contribution in [0.4, 0.5) is 58.0 Å². The number of rotatable bonds is 7. The molecule has 2 aromatic carbocycles. The highest BCUT2D eigenvalue weighted by molar-refractivity contribution is 5.99. The molecule has 0 bridgehead atoms. The maximum atomic E-state index is 12.9. The lowest BCUT2D eigenvalue weighted by Gasteiger charge is -2.12. The zero-order valence-electron chi connectivity index (χ0n) is 19.9. The number of nitrogens with one attached hydrogen (secondary N) is 5. The van der Waals surface area contributed by atoms with Crippen LogP contribution in [0.2, 0.25) is 0 Å². The number of halogens is 3. The number of pyridine rings is 1. The van der Waals surface area contributed by atoms with Crippen molar-refractivity contribution < 1.29 is 18.0 Å². The van der Waals surface area contributed by atoms with E-state index in [1.807, 2.05) is 6.07 Å². The molecule has 0 aliphatic carbocycles. The molecule has 7 N–H and O–H groups in total. The number of nitrogens with two attached hydrogens (primary N) is 1. The topological polar surface area (TPSA) is 133 Å². The zero-order valence-corrected chi connectivity index (χ0v) is 19.9. The Morgan fingerprint density at radius 1 is 0.919 bits per heavy atom. The van der Waals surface area contributed by atoms with Gasteiger partial charge in [-0.15, -0.1) is 0 Å². The van der Waals surface area contributed by atoms with Gasteiger partial charge in [0, 0.05) is 34.9 Å². The lowest BCUT2D eigenvalue weighted by atomic mass is 10.1. The molecule has 192 valence electrons. The molecule has 0 saturated heterocycles. The van der Waals surface area contributed by atoms with Crippen LogP contribution in [0.1, 0.15) is 31.0 Å². The van der Waals surface area contributed by atoms with Crippen molar-refractivity contribution in [3.63, 3.8) is 0 Å². The van der Waals surface area contributed by atoms with Crippen LogP contribution in [0.25, 0.3) is 0 Å². The van der Waals surface area contributed by atoms with Crippen molar-refractivity contribution in [1.29, 1.82) is 0 Å². The minimum Gasteiger partial charge on any atom is -0.396 e. The molecule has 9 nitrogen and oxygen atoms in total. The number of aromatic nitrogens is 3. The first-order chi connectivity index (χ1) is 17.6. The first kappa shape index (κ1) is 25.4. The molecule has 2 heterocycles. The Labute approximate surface area is 210 Å². The molecule has 37 heavy (non-hydrogen) atoms. The second-order valence-electron chi connectivity index (χ2n) is 8.51. The molecular formula is C25H25F3N8O. The number of benzene rings is 2. The van der Waals surface area contributed by atoms with E-state index in [1.54, 1.807) is 30.3 Å². The van der Waals surface area contributed by atoms with Gasteiger partial charge in [0.05, 0.1) is 23.1 Å². The highest BCUT2D eigenvalue weighted by Gasteiger charge is 2.30. The Morgan fingerprint density at radius 2 is 1.62 bits per heavy atom. The van der Waals surface area contributed by atoms with Crippen LogP contribution < -0.4 is 27.0 Å². The van der Waals surface area contributed by atoms with Gasteiger partial charge in [-0.2, -0.15) is 18.3 Å². The van der Waals surface area contributed by atoms with Crippen LogP contribution in [-0.2, 0) is 6.18 Å². The summed E-state index contributed by atoms with van der Waals surface area (Å²) >= 11 is 0. The Bertz CT molecular complexity index is 1380. The third-order valence-corrected chi connectivity index (χ3v) is 5.28. The van der Waals surface area contributed by atoms with Gasteiger partial charge in [-0.05, 0) is 48.4 Å². The number of H-pyrrole nitrogens is 1. The summed E-state index contributed by atoms with van der Waals surface area (Å²) in [4.78, 5) is 16.5. The lowest BCUT2D eigenvalue weighted by molar-refractivity contribution is -0.137. The predicted octanol–water partition coefficient (Wildman–Crippen LogP) is 6.66. The maximum Gasteiger partial charge on any atom is 0.416 e. The molecular weight excluding hydrogens is 485 g/mol. The van der Waals surface area contributed by atoms with Crippen molar-refractivity contribution in [3.8, 4) is 0 Å². The quantitative estimate of drug-likeness (QED) is 0.165. The fourth-order valence-electron chi connectivity index (χ4n) is 3.33. The molecule has 0 aliphatic rings. The minimum absolute atomic E-state index is 0.0275. The molecule has 0 unspecified atom stereocenters. The number of nitrogens with zero attached hydrogens (tertiary/aromatic N) is 2. The van der Waals surface area contributed by atoms with Crippen molar-refractivity contribution in [2.75, 3.05) is 27.0 Å². The second kappa shape index (κ2) is 10.5. The van der Waals surface area contributed by atoms with Crippen molar-refractivity contribution in [2.45, 2.75) is 25.9 Å². The lowest BCUT2D eigenvalue weighted by Crippen LogP contribution is -2.19. The van der Waals surface area contributed by atoms with Crippen LogP contribution in [-0.4, -0.2) is 21.2 Å². The number of urea groups is 1. The number of nitrogen functional groups attached to an aromatic ring is 1. The Morgan fingerprint density at radius 3 is 2.30 bits per heavy atom. The Balaban J connectivity index is 1.37. The molecule has 0 fully saturated rings. The van der Waals surface area contributed by atoms with E-state index >= 15 is 0 Å². The number of aromatic amines is 1. The standard InChI is InChI=1S/C25H25F3N8O/c1-14(2)20-11-23(36-35-20)34-21-12-22(30-13-19(21)29)31-16-6-8-17(9-7-16)32-24(37)33-18-5-3-4-15(10-18)25(26,27)28/h3-14H,29H2,1-2H3,(H2,32,33,37)(H3,30,31,34,35,36). The third kappa shape index (κ3) is 6.69. The number of amides is 2. The Hall–Kier alpha value is -4.74. The minimum atomic E-state index is -4.50. The summed E-state index contributed by atoms with van der Waals surface area (Å²) in [5.74, 6) is 1.46. The predicted molar refractivity (Wildman–Crippen MR) is 138 cm³/mol. The number of hydrogen-bond acceptors (Lipinski definition) is 6. The van der Waals surface area contributed by atoms with Gasteiger partial charge in [-0.1, -0.05) is 19.9 Å². The van der Waals surface area contributed by atoms with Crippen molar-refractivity contribution in [2.24, 2.45) is 0 Å². The highest BCUT2D eigenvalue weighted by Crippen LogP contribution is 2.31. The molecule has 0 spiro atoms. The molecule has 4 aromatic rings. The highest BCUT2D eigenvalue weighted by atomic mass is 19.4. The maximum absolute atomic E-state index is 12.9. The van der Waals surface area contributed by atoms with Crippen LogP contribution in [0, 0.1) is 0 Å². The summed E-state index contributed by atoms with van der Waals surface area (Å²) in [7, 11) is 0. The van der Waals surface area contributed by atoms with Crippen LogP contribution in [0.5, 0.6) is 0 Å². The first-order valence-electron chi connectivity index (χ1n) is 11.3. The van der Waals surface area contributed by atoms with E-state index in [2.05, 4.69) is 50.3 Å². The molecule has 0 atom stereocenters. The van der Waals surface area contributed by atoms with Gasteiger partial charge in [-0.3, -0.25) is 5.10 Å². The second-order valence-corrected chi connectivity index (χ2v) is 8.51. The van der Waals surface area contributed by atoms with Crippen molar-refractivity contribution in [1.82, 2.24) is 15.2 Å². The van der Waals surface area contributed by atoms with E-state index in [-0.39, 0.29) is 5.69 Å². The van der Waals surface area contributed by atoms with Gasteiger partial charge in [0.25, 0.3) is 0 Å². The van der Waals surface area contributed by atoms with Crippen LogP contribution in [0.15, 0.2) is 66.9 Å². The number of carbonyl (C=O) groups excluding carboxylic acids is 1. The van der Waals surface area contributed by atoms with Crippen molar-refractivity contribution >= 4 is 46.1 Å². The van der Waals surface area contributed by atoms with E-state index in [4.69, 9.17) is 5.73 Å². The Kier molecular flexibility index (Phi) is 7.18. The molecule has 0 radical (unpaired) electrons. The van der Waals surface area contributed by atoms with Gasteiger partial charge in [0.1, 0.15) is 5.82 Å². The fourth-order valence-corrected chi connectivity index (χ4v) is 3.33. The van der Waals surface area contributed by atoms with Crippen LogP contribution in [0.3, 0.4) is 0 Å². The number of hydrogen-bond donors (Lipinski definition) is 6. The summed E-state index contributed by atoms with van der Waals surface area (Å²) in [5.41, 5.74) is 8.44. The number of carbonyl (C=O) groups is 1. The van der Waals surface area contributed by atoms with E-state index in [1.165, 1.54) is 18.3 Å². The number of alkyl halides is 3. The smallest absolute Gasteiger partial charge is 0.396 e. The average molecular weight is 511 g/mol. The van der Waals surface area contributed by atoms with Gasteiger partial charge in [0.2, 0.25) is 0 Å². The van der Waals surface area contributed by atoms with E-state index in [9.17, 15) is 18.0 Å². The summed E-state index contributed by atoms with van der Waals surface area (Å²) in [5, 5.41) is 18.5. The van der Waals surface area contributed by atoms with E-state index < -0.39 is 17.8 Å².